The van der Waals surface area contributed by atoms with E-state index in [0.29, 0.717) is 11.8 Å². The quantitative estimate of drug-likeness (QED) is 0.246. The molecule has 2 aromatic carbocycles. The molecule has 5 aromatic rings. The van der Waals surface area contributed by atoms with Gasteiger partial charge in [0.1, 0.15) is 15.7 Å². The van der Waals surface area contributed by atoms with Gasteiger partial charge in [0, 0.05) is 15.6 Å². The minimum atomic E-state index is -4.70. The zero-order valence-electron chi connectivity index (χ0n) is 17.5. The molecule has 0 fully saturated rings. The third-order valence-corrected chi connectivity index (χ3v) is 7.37. The van der Waals surface area contributed by atoms with Crippen LogP contribution in [0.1, 0.15) is 5.69 Å². The van der Waals surface area contributed by atoms with E-state index in [4.69, 9.17) is 11.1 Å². The monoisotopic (exact) mass is 494 g/mol. The molecule has 3 heterocycles. The first-order valence-corrected chi connectivity index (χ1v) is 11.8. The molecular weight excluding hydrogens is 477 g/mol. The summed E-state index contributed by atoms with van der Waals surface area (Å²) in [4.78, 5) is 6.16. The normalized spacial score (nSPS) is 12.4. The Hall–Kier alpha value is -3.69. The summed E-state index contributed by atoms with van der Waals surface area (Å²) >= 11 is 3.22. The van der Waals surface area contributed by atoms with Gasteiger partial charge in [-0.25, -0.2) is 0 Å². The average molecular weight is 495 g/mol. The Morgan fingerprint density at radius 2 is 1.44 bits per heavy atom. The van der Waals surface area contributed by atoms with E-state index in [0.717, 1.165) is 30.2 Å². The van der Waals surface area contributed by atoms with E-state index in [1.165, 1.54) is 6.20 Å². The zero-order valence-corrected chi connectivity index (χ0v) is 19.1. The van der Waals surface area contributed by atoms with Crippen molar-refractivity contribution in [2.75, 3.05) is 4.90 Å². The number of hydrogen-bond acceptors (Lipinski definition) is 6. The highest BCUT2D eigenvalue weighted by Crippen LogP contribution is 2.45. The predicted octanol–water partition coefficient (Wildman–Crippen LogP) is 7.75. The highest BCUT2D eigenvalue weighted by molar-refractivity contribution is 7.25. The number of pyridine rings is 1. The fourth-order valence-electron chi connectivity index (χ4n) is 3.54. The molecule has 0 aliphatic rings. The Bertz CT molecular complexity index is 1410. The van der Waals surface area contributed by atoms with Crippen LogP contribution >= 0.6 is 22.7 Å². The number of rotatable bonds is 5. The zero-order chi connectivity index (χ0) is 23.9. The summed E-state index contributed by atoms with van der Waals surface area (Å²) < 4.78 is 40.8. The SMILES string of the molecule is N=C(C=C(N)C(F)(F)F)c1cc(N(c2cc3ccccc3s2)c2cc3ccccc3s2)ccn1. The highest BCUT2D eigenvalue weighted by Gasteiger charge is 2.31. The fraction of sp³-hybridized carbons (Fsp3) is 0.0400. The molecule has 4 nitrogen and oxygen atoms in total. The molecule has 34 heavy (non-hydrogen) atoms. The third kappa shape index (κ3) is 4.27. The topological polar surface area (TPSA) is 66.0 Å². The van der Waals surface area contributed by atoms with Gasteiger partial charge < -0.3 is 5.73 Å². The van der Waals surface area contributed by atoms with Crippen molar-refractivity contribution >= 4 is 64.2 Å². The second-order valence-corrected chi connectivity index (χ2v) is 9.62. The number of halogens is 3. The molecule has 0 aliphatic carbocycles. The summed E-state index contributed by atoms with van der Waals surface area (Å²) in [6, 6.07) is 23.6. The van der Waals surface area contributed by atoms with Gasteiger partial charge >= 0.3 is 6.18 Å². The summed E-state index contributed by atoms with van der Waals surface area (Å²) in [5.41, 5.74) is 4.15. The molecule has 0 atom stereocenters. The molecule has 0 unspecified atom stereocenters. The van der Waals surface area contributed by atoms with Crippen molar-refractivity contribution in [2.45, 2.75) is 6.18 Å². The van der Waals surface area contributed by atoms with Gasteiger partial charge in [-0.15, -0.1) is 22.7 Å². The molecule has 0 bridgehead atoms. The lowest BCUT2D eigenvalue weighted by Gasteiger charge is -2.22. The lowest BCUT2D eigenvalue weighted by molar-refractivity contribution is -0.0925. The van der Waals surface area contributed by atoms with E-state index in [1.54, 1.807) is 34.8 Å². The minimum absolute atomic E-state index is 0.0944. The van der Waals surface area contributed by atoms with Gasteiger partial charge in [0.15, 0.2) is 0 Å². The van der Waals surface area contributed by atoms with Crippen LogP contribution in [0.3, 0.4) is 0 Å². The van der Waals surface area contributed by atoms with Crippen LogP contribution in [0, 0.1) is 5.41 Å². The van der Waals surface area contributed by atoms with Gasteiger partial charge in [0.2, 0.25) is 0 Å². The lowest BCUT2D eigenvalue weighted by atomic mass is 10.2. The van der Waals surface area contributed by atoms with Gasteiger partial charge in [-0.2, -0.15) is 13.2 Å². The highest BCUT2D eigenvalue weighted by atomic mass is 32.1. The van der Waals surface area contributed by atoms with E-state index in [-0.39, 0.29) is 5.69 Å². The van der Waals surface area contributed by atoms with E-state index in [9.17, 15) is 13.2 Å². The number of benzene rings is 2. The summed E-state index contributed by atoms with van der Waals surface area (Å²) in [5.74, 6) is 0. The first kappa shape index (κ1) is 22.1. The van der Waals surface area contributed by atoms with Crippen molar-refractivity contribution in [3.63, 3.8) is 0 Å². The molecule has 170 valence electrons. The van der Waals surface area contributed by atoms with Crippen molar-refractivity contribution in [2.24, 2.45) is 5.73 Å². The molecule has 0 saturated carbocycles. The van der Waals surface area contributed by atoms with Crippen LogP contribution in [-0.2, 0) is 0 Å². The average Bonchev–Trinajstić information content (AvgIpc) is 3.42. The number of thiophene rings is 2. The van der Waals surface area contributed by atoms with Crippen molar-refractivity contribution < 1.29 is 13.2 Å². The number of nitrogens with zero attached hydrogens (tertiary/aromatic N) is 2. The van der Waals surface area contributed by atoms with Crippen LogP contribution in [-0.4, -0.2) is 16.9 Å². The molecule has 9 heteroatoms. The van der Waals surface area contributed by atoms with Crippen LogP contribution in [0.25, 0.3) is 20.2 Å². The maximum absolute atomic E-state index is 12.9. The van der Waals surface area contributed by atoms with Gasteiger partial charge in [0.05, 0.1) is 17.1 Å². The maximum Gasteiger partial charge on any atom is 0.430 e. The van der Waals surface area contributed by atoms with Crippen LogP contribution < -0.4 is 10.6 Å². The summed E-state index contributed by atoms with van der Waals surface area (Å²) in [7, 11) is 0. The number of nitrogens with one attached hydrogen (secondary N) is 1. The molecule has 3 N–H and O–H groups in total. The van der Waals surface area contributed by atoms with E-state index < -0.39 is 17.6 Å². The molecule has 5 rings (SSSR count). The van der Waals surface area contributed by atoms with Crippen LogP contribution in [0.4, 0.5) is 28.9 Å². The smallest absolute Gasteiger partial charge is 0.395 e. The van der Waals surface area contributed by atoms with Crippen LogP contribution in [0.5, 0.6) is 0 Å². The molecule has 0 spiro atoms. The van der Waals surface area contributed by atoms with Gasteiger partial charge in [-0.05, 0) is 53.2 Å². The van der Waals surface area contributed by atoms with Crippen molar-refractivity contribution in [1.29, 1.82) is 5.41 Å². The Kier molecular flexibility index (Phi) is 5.59. The van der Waals surface area contributed by atoms with Gasteiger partial charge in [-0.3, -0.25) is 15.3 Å². The van der Waals surface area contributed by atoms with Crippen LogP contribution in [0.2, 0.25) is 0 Å². The number of alkyl halides is 3. The van der Waals surface area contributed by atoms with Gasteiger partial charge in [-0.1, -0.05) is 36.4 Å². The Morgan fingerprint density at radius 3 is 1.97 bits per heavy atom. The minimum Gasteiger partial charge on any atom is -0.395 e. The van der Waals surface area contributed by atoms with Crippen molar-refractivity contribution in [1.82, 2.24) is 4.98 Å². The van der Waals surface area contributed by atoms with Crippen LogP contribution in [0.15, 0.2) is 90.8 Å². The molecular formula is C25H17F3N4S2. The van der Waals surface area contributed by atoms with Crippen molar-refractivity contribution in [3.8, 4) is 0 Å². The number of nitrogens with two attached hydrogens (primary N) is 1. The Balaban J connectivity index is 1.64. The van der Waals surface area contributed by atoms with E-state index in [2.05, 4.69) is 17.1 Å². The summed E-state index contributed by atoms with van der Waals surface area (Å²) in [5, 5.41) is 12.2. The Morgan fingerprint density at radius 1 is 0.882 bits per heavy atom. The largest absolute Gasteiger partial charge is 0.430 e. The second-order valence-electron chi connectivity index (χ2n) is 7.49. The number of fused-ring (bicyclic) bond motifs is 2. The standard InChI is InChI=1S/C25H17F3N4S2/c26-25(27,28)22(30)14-18(29)19-13-17(9-10-31-19)32(23-11-15-5-1-3-7-20(15)33-23)24-12-16-6-2-4-8-21(16)34-24/h1-14,29H,30H2. The maximum atomic E-state index is 12.9. The number of allylic oxidation sites excluding steroid dienone is 2. The Labute approximate surface area is 200 Å². The first-order valence-electron chi connectivity index (χ1n) is 10.2. The molecule has 0 saturated heterocycles. The fourth-order valence-corrected chi connectivity index (χ4v) is 5.79. The predicted molar refractivity (Wildman–Crippen MR) is 135 cm³/mol. The molecule has 3 aromatic heterocycles. The number of hydrogen-bond donors (Lipinski definition) is 2. The molecule has 0 aliphatic heterocycles. The number of anilines is 3. The van der Waals surface area contributed by atoms with Gasteiger partial charge in [0.25, 0.3) is 0 Å². The lowest BCUT2D eigenvalue weighted by Crippen LogP contribution is -2.21. The second kappa shape index (κ2) is 8.58. The summed E-state index contributed by atoms with van der Waals surface area (Å²) in [6.07, 6.45) is -2.62. The molecule has 0 radical (unpaired) electrons. The summed E-state index contributed by atoms with van der Waals surface area (Å²) in [6.45, 7) is 0. The van der Waals surface area contributed by atoms with E-state index in [1.807, 2.05) is 53.4 Å². The van der Waals surface area contributed by atoms with E-state index >= 15 is 0 Å². The number of aromatic nitrogens is 1. The molecule has 0 amide bonds. The first-order chi connectivity index (χ1) is 16.3. The van der Waals surface area contributed by atoms with Crippen molar-refractivity contribution in [3.05, 3.63) is 96.5 Å². The third-order valence-electron chi connectivity index (χ3n) is 5.17.